The highest BCUT2D eigenvalue weighted by molar-refractivity contribution is 5.31. The van der Waals surface area contributed by atoms with Gasteiger partial charge in [-0.2, -0.15) is 5.26 Å². The molecule has 1 rings (SSSR count). The van der Waals surface area contributed by atoms with Crippen LogP contribution < -0.4 is 0 Å². The summed E-state index contributed by atoms with van der Waals surface area (Å²) in [6.45, 7) is 3.40. The molecular formula is C10H10FN. The van der Waals surface area contributed by atoms with E-state index in [0.717, 1.165) is 0 Å². The van der Waals surface area contributed by atoms with Crippen LogP contribution >= 0.6 is 0 Å². The Balaban J connectivity index is 3.22. The summed E-state index contributed by atoms with van der Waals surface area (Å²) in [6, 6.07) is 8.42. The molecule has 0 aliphatic heterocycles. The maximum Gasteiger partial charge on any atom is 0.127 e. The Hall–Kier alpha value is -1.36. The van der Waals surface area contributed by atoms with Gasteiger partial charge in [0.25, 0.3) is 0 Å². The maximum absolute atomic E-state index is 13.1. The molecule has 0 radical (unpaired) electrons. The van der Waals surface area contributed by atoms with Gasteiger partial charge in [0.2, 0.25) is 0 Å². The number of nitrogens with zero attached hydrogens (tertiary/aromatic N) is 1. The second kappa shape index (κ2) is 2.94. The van der Waals surface area contributed by atoms with Crippen molar-refractivity contribution in [2.45, 2.75) is 19.3 Å². The van der Waals surface area contributed by atoms with E-state index in [1.165, 1.54) is 6.07 Å². The summed E-state index contributed by atoms with van der Waals surface area (Å²) in [6.07, 6.45) is 0. The van der Waals surface area contributed by atoms with E-state index in [1.54, 1.807) is 32.0 Å². The third-order valence-electron chi connectivity index (χ3n) is 1.83. The molecular weight excluding hydrogens is 153 g/mol. The third kappa shape index (κ3) is 1.45. The van der Waals surface area contributed by atoms with Crippen molar-refractivity contribution < 1.29 is 4.39 Å². The van der Waals surface area contributed by atoms with Gasteiger partial charge >= 0.3 is 0 Å². The van der Waals surface area contributed by atoms with Crippen molar-refractivity contribution in [3.8, 4) is 6.07 Å². The Bertz CT molecular complexity index is 323. The molecule has 1 aromatic rings. The van der Waals surface area contributed by atoms with Crippen LogP contribution in [0.25, 0.3) is 0 Å². The molecule has 0 aliphatic carbocycles. The van der Waals surface area contributed by atoms with Gasteiger partial charge in [-0.15, -0.1) is 0 Å². The smallest absolute Gasteiger partial charge is 0.127 e. The zero-order chi connectivity index (χ0) is 9.19. The quantitative estimate of drug-likeness (QED) is 0.624. The van der Waals surface area contributed by atoms with E-state index < -0.39 is 5.41 Å². The van der Waals surface area contributed by atoms with Crippen molar-refractivity contribution in [1.29, 1.82) is 5.26 Å². The Morgan fingerprint density at radius 3 is 2.42 bits per heavy atom. The second-order valence-corrected chi connectivity index (χ2v) is 3.22. The number of rotatable bonds is 1. The largest absolute Gasteiger partial charge is 0.207 e. The van der Waals surface area contributed by atoms with E-state index >= 15 is 0 Å². The predicted molar refractivity (Wildman–Crippen MR) is 45.0 cm³/mol. The number of hydrogen-bond donors (Lipinski definition) is 0. The topological polar surface area (TPSA) is 23.8 Å². The minimum absolute atomic E-state index is 0.316. The summed E-state index contributed by atoms with van der Waals surface area (Å²) >= 11 is 0. The fraction of sp³-hybridized carbons (Fsp3) is 0.300. The molecule has 0 N–H and O–H groups in total. The van der Waals surface area contributed by atoms with Crippen LogP contribution in [-0.4, -0.2) is 0 Å². The van der Waals surface area contributed by atoms with Crippen molar-refractivity contribution in [2.24, 2.45) is 0 Å². The van der Waals surface area contributed by atoms with Crippen molar-refractivity contribution in [1.82, 2.24) is 0 Å². The number of halogens is 1. The van der Waals surface area contributed by atoms with Gasteiger partial charge in [-0.05, 0) is 19.9 Å². The van der Waals surface area contributed by atoms with E-state index in [9.17, 15) is 4.39 Å². The number of hydrogen-bond acceptors (Lipinski definition) is 1. The Kier molecular flexibility index (Phi) is 2.14. The minimum atomic E-state index is -0.745. The molecule has 0 amide bonds. The van der Waals surface area contributed by atoms with Crippen LogP contribution in [0.5, 0.6) is 0 Å². The summed E-state index contributed by atoms with van der Waals surface area (Å²) in [7, 11) is 0. The van der Waals surface area contributed by atoms with E-state index in [1.807, 2.05) is 0 Å². The Morgan fingerprint density at radius 1 is 1.33 bits per heavy atom. The Morgan fingerprint density at radius 2 is 1.92 bits per heavy atom. The Labute approximate surface area is 71.4 Å². The van der Waals surface area contributed by atoms with Crippen molar-refractivity contribution in [3.63, 3.8) is 0 Å². The fourth-order valence-corrected chi connectivity index (χ4v) is 1.03. The first-order valence-electron chi connectivity index (χ1n) is 3.74. The zero-order valence-electron chi connectivity index (χ0n) is 7.13. The molecule has 1 aromatic carbocycles. The molecule has 2 heteroatoms. The van der Waals surface area contributed by atoms with Gasteiger partial charge in [-0.3, -0.25) is 0 Å². The molecule has 0 bridgehead atoms. The van der Waals surface area contributed by atoms with Crippen LogP contribution in [0.1, 0.15) is 19.4 Å². The first-order chi connectivity index (χ1) is 5.58. The highest BCUT2D eigenvalue weighted by Crippen LogP contribution is 2.24. The summed E-state index contributed by atoms with van der Waals surface area (Å²) in [4.78, 5) is 0. The lowest BCUT2D eigenvalue weighted by Crippen LogP contribution is -2.15. The maximum atomic E-state index is 13.1. The predicted octanol–water partition coefficient (Wildman–Crippen LogP) is 2.63. The van der Waals surface area contributed by atoms with Gasteiger partial charge in [-0.1, -0.05) is 18.2 Å². The van der Waals surface area contributed by atoms with Crippen LogP contribution in [0, 0.1) is 17.1 Å². The monoisotopic (exact) mass is 163 g/mol. The number of benzene rings is 1. The summed E-state index contributed by atoms with van der Waals surface area (Å²) in [5.41, 5.74) is -0.293. The first kappa shape index (κ1) is 8.73. The van der Waals surface area contributed by atoms with Gasteiger partial charge in [0.15, 0.2) is 0 Å². The molecule has 0 aliphatic rings. The van der Waals surface area contributed by atoms with Gasteiger partial charge < -0.3 is 0 Å². The molecule has 0 heterocycles. The summed E-state index contributed by atoms with van der Waals surface area (Å²) in [5.74, 6) is -0.316. The van der Waals surface area contributed by atoms with E-state index in [4.69, 9.17) is 5.26 Å². The van der Waals surface area contributed by atoms with Crippen molar-refractivity contribution >= 4 is 0 Å². The third-order valence-corrected chi connectivity index (χ3v) is 1.83. The van der Waals surface area contributed by atoms with Crippen molar-refractivity contribution in [2.75, 3.05) is 0 Å². The molecule has 62 valence electrons. The van der Waals surface area contributed by atoms with E-state index in [-0.39, 0.29) is 5.82 Å². The number of nitriles is 1. The van der Waals surface area contributed by atoms with Gasteiger partial charge in [0.1, 0.15) is 5.82 Å². The minimum Gasteiger partial charge on any atom is -0.207 e. The van der Waals surface area contributed by atoms with Crippen LogP contribution in [0.3, 0.4) is 0 Å². The molecule has 0 aromatic heterocycles. The second-order valence-electron chi connectivity index (χ2n) is 3.22. The highest BCUT2D eigenvalue weighted by atomic mass is 19.1. The lowest BCUT2D eigenvalue weighted by Gasteiger charge is -2.15. The van der Waals surface area contributed by atoms with Gasteiger partial charge in [0.05, 0.1) is 11.5 Å². The normalized spacial score (nSPS) is 10.8. The summed E-state index contributed by atoms with van der Waals surface area (Å²) in [5, 5.41) is 8.76. The average Bonchev–Trinajstić information content (AvgIpc) is 2.05. The molecule has 0 saturated heterocycles. The highest BCUT2D eigenvalue weighted by Gasteiger charge is 2.22. The van der Waals surface area contributed by atoms with Gasteiger partial charge in [0, 0.05) is 5.56 Å². The van der Waals surface area contributed by atoms with E-state index in [2.05, 4.69) is 6.07 Å². The average molecular weight is 163 g/mol. The molecule has 0 spiro atoms. The van der Waals surface area contributed by atoms with Gasteiger partial charge in [-0.25, -0.2) is 4.39 Å². The van der Waals surface area contributed by atoms with Crippen LogP contribution in [0.15, 0.2) is 24.3 Å². The molecule has 0 atom stereocenters. The molecule has 12 heavy (non-hydrogen) atoms. The molecule has 0 saturated carbocycles. The first-order valence-corrected chi connectivity index (χ1v) is 3.74. The van der Waals surface area contributed by atoms with Crippen LogP contribution in [-0.2, 0) is 5.41 Å². The lowest BCUT2D eigenvalue weighted by molar-refractivity contribution is 0.565. The standard InChI is InChI=1S/C10H10FN/c1-10(2,7-12)8-5-3-4-6-9(8)11/h3-6H,1-2H3. The van der Waals surface area contributed by atoms with E-state index in [0.29, 0.717) is 5.56 Å². The SMILES string of the molecule is CC(C)(C#N)c1ccccc1F. The zero-order valence-corrected chi connectivity index (χ0v) is 7.13. The lowest BCUT2D eigenvalue weighted by atomic mass is 9.86. The molecule has 0 fully saturated rings. The van der Waals surface area contributed by atoms with Crippen molar-refractivity contribution in [3.05, 3.63) is 35.6 Å². The van der Waals surface area contributed by atoms with Crippen LogP contribution in [0.4, 0.5) is 4.39 Å². The van der Waals surface area contributed by atoms with Crippen LogP contribution in [0.2, 0.25) is 0 Å². The molecule has 0 unspecified atom stereocenters. The fourth-order valence-electron chi connectivity index (χ4n) is 1.03. The molecule has 1 nitrogen and oxygen atoms in total. The summed E-state index contributed by atoms with van der Waals surface area (Å²) < 4.78 is 13.1.